The Hall–Kier alpha value is -1.16. The second kappa shape index (κ2) is 5.87. The molecule has 106 valence electrons. The van der Waals surface area contributed by atoms with Crippen LogP contribution in [0.4, 0.5) is 0 Å². The average Bonchev–Trinajstić information content (AvgIpc) is 2.40. The lowest BCUT2D eigenvalue weighted by atomic mass is 9.66. The summed E-state index contributed by atoms with van der Waals surface area (Å²) in [4.78, 5) is 8.87. The van der Waals surface area contributed by atoms with Crippen molar-refractivity contribution >= 4 is 0 Å². The third-order valence-electron chi connectivity index (χ3n) is 4.24. The normalized spacial score (nSPS) is 26.1. The molecule has 2 rings (SSSR count). The molecule has 0 aliphatic heterocycles. The Morgan fingerprint density at radius 3 is 2.79 bits per heavy atom. The van der Waals surface area contributed by atoms with Gasteiger partial charge in [0.05, 0.1) is 7.11 Å². The predicted octanol–water partition coefficient (Wildman–Crippen LogP) is 2.61. The molecular weight excluding hydrogens is 238 g/mol. The van der Waals surface area contributed by atoms with E-state index < -0.39 is 0 Å². The number of nitrogens with zero attached hydrogens (tertiary/aromatic N) is 2. The number of nitrogens with one attached hydrogen (secondary N) is 1. The van der Waals surface area contributed by atoms with Crippen molar-refractivity contribution < 1.29 is 4.74 Å². The largest absolute Gasteiger partial charge is 0.480 e. The Morgan fingerprint density at radius 2 is 2.11 bits per heavy atom. The molecule has 1 fully saturated rings. The van der Waals surface area contributed by atoms with Crippen LogP contribution in [0.25, 0.3) is 0 Å². The van der Waals surface area contributed by atoms with Crippen LogP contribution in [0, 0.1) is 11.3 Å². The van der Waals surface area contributed by atoms with Crippen LogP contribution >= 0.6 is 0 Å². The highest BCUT2D eigenvalue weighted by molar-refractivity contribution is 5.24. The van der Waals surface area contributed by atoms with Gasteiger partial charge in [0.25, 0.3) is 0 Å². The Kier molecular flexibility index (Phi) is 4.40. The summed E-state index contributed by atoms with van der Waals surface area (Å²) in [7, 11) is 3.69. The first kappa shape index (κ1) is 14.3. The molecule has 0 saturated heterocycles. The van der Waals surface area contributed by atoms with E-state index in [1.807, 2.05) is 7.05 Å². The quantitative estimate of drug-likeness (QED) is 0.907. The summed E-state index contributed by atoms with van der Waals surface area (Å²) >= 11 is 0. The van der Waals surface area contributed by atoms with Gasteiger partial charge in [0, 0.05) is 18.3 Å². The zero-order chi connectivity index (χ0) is 13.9. The SMILES string of the molecule is CNCC1CCC(C)(C)CC1c1nccnc1OC. The molecule has 1 N–H and O–H groups in total. The van der Waals surface area contributed by atoms with Gasteiger partial charge in [-0.15, -0.1) is 0 Å². The maximum atomic E-state index is 5.40. The van der Waals surface area contributed by atoms with Crippen molar-refractivity contribution in [2.45, 2.75) is 39.0 Å². The minimum atomic E-state index is 0.372. The molecule has 1 aliphatic carbocycles. The standard InChI is InChI=1S/C15H25N3O/c1-15(2)6-5-11(10-16-3)12(9-15)13-14(19-4)18-8-7-17-13/h7-8,11-12,16H,5-6,9-10H2,1-4H3. The smallest absolute Gasteiger partial charge is 0.235 e. The molecule has 0 amide bonds. The van der Waals surface area contributed by atoms with Gasteiger partial charge >= 0.3 is 0 Å². The highest BCUT2D eigenvalue weighted by Gasteiger charge is 2.37. The van der Waals surface area contributed by atoms with Crippen LogP contribution in [-0.4, -0.2) is 30.7 Å². The summed E-state index contributed by atoms with van der Waals surface area (Å²) in [5, 5.41) is 3.31. The Bertz CT molecular complexity index is 420. The summed E-state index contributed by atoms with van der Waals surface area (Å²) in [6, 6.07) is 0. The summed E-state index contributed by atoms with van der Waals surface area (Å²) in [5.74, 6) is 1.73. The van der Waals surface area contributed by atoms with Gasteiger partial charge in [-0.2, -0.15) is 0 Å². The van der Waals surface area contributed by atoms with E-state index in [1.165, 1.54) is 12.8 Å². The maximum Gasteiger partial charge on any atom is 0.235 e. The first-order chi connectivity index (χ1) is 9.07. The fraction of sp³-hybridized carbons (Fsp3) is 0.733. The molecule has 1 heterocycles. The van der Waals surface area contributed by atoms with Crippen LogP contribution in [0.15, 0.2) is 12.4 Å². The van der Waals surface area contributed by atoms with Gasteiger partial charge in [0.1, 0.15) is 5.69 Å². The van der Waals surface area contributed by atoms with E-state index in [0.29, 0.717) is 23.1 Å². The average molecular weight is 263 g/mol. The van der Waals surface area contributed by atoms with Gasteiger partial charge in [-0.05, 0) is 44.2 Å². The molecule has 19 heavy (non-hydrogen) atoms. The number of hydrogen-bond donors (Lipinski definition) is 1. The van der Waals surface area contributed by atoms with Gasteiger partial charge in [0.15, 0.2) is 0 Å². The Morgan fingerprint density at radius 1 is 1.37 bits per heavy atom. The summed E-state index contributed by atoms with van der Waals surface area (Å²) < 4.78 is 5.40. The van der Waals surface area contributed by atoms with Crippen LogP contribution in [0.2, 0.25) is 0 Å². The maximum absolute atomic E-state index is 5.40. The molecule has 2 unspecified atom stereocenters. The van der Waals surface area contributed by atoms with Gasteiger partial charge in [-0.3, -0.25) is 4.98 Å². The summed E-state index contributed by atoms with van der Waals surface area (Å²) in [6.45, 7) is 5.72. The Balaban J connectivity index is 2.30. The van der Waals surface area contributed by atoms with Gasteiger partial charge < -0.3 is 10.1 Å². The summed E-state index contributed by atoms with van der Waals surface area (Å²) in [5.41, 5.74) is 1.40. The van der Waals surface area contributed by atoms with E-state index >= 15 is 0 Å². The molecule has 4 nitrogen and oxygen atoms in total. The number of aromatic nitrogens is 2. The van der Waals surface area contributed by atoms with Gasteiger partial charge in [-0.25, -0.2) is 4.98 Å². The van der Waals surface area contributed by atoms with Crippen molar-refractivity contribution in [2.75, 3.05) is 20.7 Å². The van der Waals surface area contributed by atoms with Crippen molar-refractivity contribution in [1.82, 2.24) is 15.3 Å². The van der Waals surface area contributed by atoms with Crippen molar-refractivity contribution in [3.8, 4) is 5.88 Å². The van der Waals surface area contributed by atoms with Gasteiger partial charge in [0.2, 0.25) is 5.88 Å². The van der Waals surface area contributed by atoms with Crippen LogP contribution in [0.5, 0.6) is 5.88 Å². The number of methoxy groups -OCH3 is 1. The zero-order valence-electron chi connectivity index (χ0n) is 12.4. The highest BCUT2D eigenvalue weighted by atomic mass is 16.5. The zero-order valence-corrected chi connectivity index (χ0v) is 12.4. The van der Waals surface area contributed by atoms with E-state index in [2.05, 4.69) is 29.1 Å². The fourth-order valence-electron chi connectivity index (χ4n) is 3.22. The van der Waals surface area contributed by atoms with Gasteiger partial charge in [-0.1, -0.05) is 13.8 Å². The number of ether oxygens (including phenoxy) is 1. The van der Waals surface area contributed by atoms with Crippen LogP contribution in [-0.2, 0) is 0 Å². The molecule has 1 saturated carbocycles. The molecular formula is C15H25N3O. The van der Waals surface area contributed by atoms with Crippen LogP contribution < -0.4 is 10.1 Å². The lowest BCUT2D eigenvalue weighted by molar-refractivity contribution is 0.156. The van der Waals surface area contributed by atoms with Crippen LogP contribution in [0.1, 0.15) is 44.7 Å². The molecule has 1 aromatic heterocycles. The third kappa shape index (κ3) is 3.24. The molecule has 2 atom stereocenters. The minimum absolute atomic E-state index is 0.372. The van der Waals surface area contributed by atoms with E-state index in [-0.39, 0.29) is 0 Å². The first-order valence-electron chi connectivity index (χ1n) is 7.07. The van der Waals surface area contributed by atoms with Crippen LogP contribution in [0.3, 0.4) is 0 Å². The van der Waals surface area contributed by atoms with Crippen molar-refractivity contribution in [1.29, 1.82) is 0 Å². The monoisotopic (exact) mass is 263 g/mol. The molecule has 1 aliphatic rings. The van der Waals surface area contributed by atoms with E-state index in [9.17, 15) is 0 Å². The molecule has 0 spiro atoms. The second-order valence-electron chi connectivity index (χ2n) is 6.28. The van der Waals surface area contributed by atoms with Crippen molar-refractivity contribution in [3.63, 3.8) is 0 Å². The summed E-state index contributed by atoms with van der Waals surface area (Å²) in [6.07, 6.45) is 7.13. The Labute approximate surface area is 116 Å². The third-order valence-corrected chi connectivity index (χ3v) is 4.24. The number of hydrogen-bond acceptors (Lipinski definition) is 4. The highest BCUT2D eigenvalue weighted by Crippen LogP contribution is 2.47. The topological polar surface area (TPSA) is 47.0 Å². The molecule has 4 heteroatoms. The lowest BCUT2D eigenvalue weighted by Gasteiger charge is -2.40. The fourth-order valence-corrected chi connectivity index (χ4v) is 3.22. The number of rotatable bonds is 4. The van der Waals surface area contributed by atoms with E-state index in [4.69, 9.17) is 4.74 Å². The van der Waals surface area contributed by atoms with Crippen molar-refractivity contribution in [3.05, 3.63) is 18.1 Å². The predicted molar refractivity (Wildman–Crippen MR) is 76.4 cm³/mol. The second-order valence-corrected chi connectivity index (χ2v) is 6.28. The van der Waals surface area contributed by atoms with E-state index in [0.717, 1.165) is 18.7 Å². The minimum Gasteiger partial charge on any atom is -0.480 e. The molecule has 0 radical (unpaired) electrons. The van der Waals surface area contributed by atoms with E-state index in [1.54, 1.807) is 19.5 Å². The lowest BCUT2D eigenvalue weighted by Crippen LogP contribution is -2.34. The molecule has 0 bridgehead atoms. The molecule has 1 aromatic rings. The first-order valence-corrected chi connectivity index (χ1v) is 7.07. The van der Waals surface area contributed by atoms with Crippen molar-refractivity contribution in [2.24, 2.45) is 11.3 Å². The molecule has 0 aromatic carbocycles.